The van der Waals surface area contributed by atoms with Crippen LogP contribution >= 0.6 is 11.3 Å². The van der Waals surface area contributed by atoms with Crippen LogP contribution < -0.4 is 16.4 Å². The smallest absolute Gasteiger partial charge is 0.294 e. The lowest BCUT2D eigenvalue weighted by Crippen LogP contribution is -2.48. The third-order valence-corrected chi connectivity index (χ3v) is 6.98. The lowest BCUT2D eigenvalue weighted by atomic mass is 9.98. The maximum atomic E-state index is 12.5. The summed E-state index contributed by atoms with van der Waals surface area (Å²) in [5.74, 6) is -17.7. The standard InChI is InChI=1S/C23H28N4O15S/c1-5-8(13(31)17(35)16(34)10(5)28)7(42-2)4-25-22(38,39)3-6-11(29)14(32)9(15(33)12(6)30)26-20(37)23(40,41)18-19(36)43-21(24)27-18/h7,25,28-36,38-41H,3-4H2,1-2H3,(H2,24,27)(H,26,37). The number of aliphatic hydroxyl groups is 4. The molecule has 19 nitrogen and oxygen atoms in total. The number of nitrogen functional groups attached to an aromatic ring is 1. The molecular formula is C23H28N4O15S. The summed E-state index contributed by atoms with van der Waals surface area (Å²) in [6.45, 7) is 0.633. The molecule has 0 aliphatic rings. The number of ether oxygens (including phenoxy) is 1. The Morgan fingerprint density at radius 3 is 1.91 bits per heavy atom. The van der Waals surface area contributed by atoms with E-state index in [1.54, 1.807) is 5.32 Å². The lowest BCUT2D eigenvalue weighted by molar-refractivity contribution is -0.188. The minimum atomic E-state index is -3.59. The van der Waals surface area contributed by atoms with Crippen LogP contribution in [-0.4, -0.2) is 96.8 Å². The van der Waals surface area contributed by atoms with E-state index in [0.29, 0.717) is 11.3 Å². The van der Waals surface area contributed by atoms with E-state index in [1.165, 1.54) is 6.92 Å². The summed E-state index contributed by atoms with van der Waals surface area (Å²) >= 11 is 0.385. The van der Waals surface area contributed by atoms with Crippen LogP contribution in [0.4, 0.5) is 10.8 Å². The van der Waals surface area contributed by atoms with Crippen LogP contribution in [0, 0.1) is 6.92 Å². The molecule has 2 aromatic carbocycles. The molecule has 1 amide bonds. The van der Waals surface area contributed by atoms with Crippen molar-refractivity contribution in [1.82, 2.24) is 10.3 Å². The number of aromatic nitrogens is 1. The Bertz CT molecular complexity index is 1510. The topological polar surface area (TPSA) is 352 Å². The van der Waals surface area contributed by atoms with Gasteiger partial charge in [0.25, 0.3) is 11.7 Å². The molecular weight excluding hydrogens is 604 g/mol. The summed E-state index contributed by atoms with van der Waals surface area (Å²) in [5.41, 5.74) is 1.86. The number of thiazole rings is 1. The number of amides is 1. The van der Waals surface area contributed by atoms with Gasteiger partial charge in [-0.15, -0.1) is 0 Å². The number of nitrogens with one attached hydrogen (secondary N) is 2. The second kappa shape index (κ2) is 11.5. The molecule has 1 heterocycles. The van der Waals surface area contributed by atoms with Gasteiger partial charge in [-0.1, -0.05) is 11.3 Å². The highest BCUT2D eigenvalue weighted by Crippen LogP contribution is 2.52. The monoisotopic (exact) mass is 632 g/mol. The number of phenolic OH excluding ortho intramolecular Hbond substituents is 8. The van der Waals surface area contributed by atoms with Crippen molar-refractivity contribution in [3.8, 4) is 51.1 Å². The molecule has 43 heavy (non-hydrogen) atoms. The summed E-state index contributed by atoms with van der Waals surface area (Å²) in [7, 11) is 1.11. The average Bonchev–Trinajstić information content (AvgIpc) is 3.30. The van der Waals surface area contributed by atoms with Gasteiger partial charge in [-0.2, -0.15) is 0 Å². The molecule has 0 aliphatic heterocycles. The number of rotatable bonds is 10. The van der Waals surface area contributed by atoms with Gasteiger partial charge in [-0.3, -0.25) is 10.1 Å². The average molecular weight is 633 g/mol. The van der Waals surface area contributed by atoms with Crippen LogP contribution in [0.25, 0.3) is 0 Å². The molecule has 17 N–H and O–H groups in total. The molecule has 1 aromatic heterocycles. The third kappa shape index (κ3) is 5.96. The number of methoxy groups -OCH3 is 1. The molecule has 0 fully saturated rings. The van der Waals surface area contributed by atoms with E-state index >= 15 is 0 Å². The third-order valence-electron chi connectivity index (χ3n) is 6.29. The molecule has 3 rings (SSSR count). The Morgan fingerprint density at radius 2 is 1.42 bits per heavy atom. The fourth-order valence-electron chi connectivity index (χ4n) is 3.99. The van der Waals surface area contributed by atoms with Crippen LogP contribution in [0.15, 0.2) is 0 Å². The minimum absolute atomic E-state index is 0.145. The summed E-state index contributed by atoms with van der Waals surface area (Å²) < 4.78 is 5.17. The molecule has 0 saturated carbocycles. The second-order valence-electron chi connectivity index (χ2n) is 9.11. The van der Waals surface area contributed by atoms with E-state index in [1.807, 2.05) is 0 Å². The van der Waals surface area contributed by atoms with E-state index in [4.69, 9.17) is 10.5 Å². The molecule has 0 bridgehead atoms. The van der Waals surface area contributed by atoms with Gasteiger partial charge in [-0.25, -0.2) is 4.98 Å². The fourth-order valence-corrected chi connectivity index (χ4v) is 4.61. The Balaban J connectivity index is 1.87. The number of anilines is 2. The first-order chi connectivity index (χ1) is 19.8. The zero-order valence-corrected chi connectivity index (χ0v) is 22.9. The predicted molar refractivity (Wildman–Crippen MR) is 143 cm³/mol. The van der Waals surface area contributed by atoms with Gasteiger partial charge in [0.2, 0.25) is 22.5 Å². The molecule has 1 unspecified atom stereocenters. The number of benzene rings is 2. The van der Waals surface area contributed by atoms with Crippen LogP contribution in [-0.2, 0) is 21.7 Å². The summed E-state index contributed by atoms with van der Waals surface area (Å²) in [5, 5.41) is 135. The van der Waals surface area contributed by atoms with Gasteiger partial charge >= 0.3 is 0 Å². The quantitative estimate of drug-likeness (QED) is 0.0673. The van der Waals surface area contributed by atoms with Crippen molar-refractivity contribution in [2.45, 2.75) is 31.1 Å². The Hall–Kier alpha value is -4.70. The van der Waals surface area contributed by atoms with Gasteiger partial charge in [-0.05, 0) is 6.92 Å². The van der Waals surface area contributed by atoms with Gasteiger partial charge < -0.3 is 82.2 Å². The van der Waals surface area contributed by atoms with Gasteiger partial charge in [0, 0.05) is 31.2 Å². The fraction of sp³-hybridized carbons (Fsp3) is 0.304. The summed E-state index contributed by atoms with van der Waals surface area (Å²) in [6, 6.07) is 0. The van der Waals surface area contributed by atoms with Crippen LogP contribution in [0.1, 0.15) is 28.5 Å². The van der Waals surface area contributed by atoms with Crippen molar-refractivity contribution >= 4 is 28.1 Å². The van der Waals surface area contributed by atoms with Crippen molar-refractivity contribution in [3.63, 3.8) is 0 Å². The first-order valence-electron chi connectivity index (χ1n) is 11.7. The molecule has 0 saturated heterocycles. The SMILES string of the molecule is COC(CNC(O)(O)Cc1c(O)c(O)c(NC(=O)C(O)(O)c2nc(N)sc2O)c(O)c1O)c1c(C)c(O)c(O)c(O)c1O. The molecule has 1 atom stereocenters. The predicted octanol–water partition coefficient (Wildman–Crippen LogP) is -1.68. The van der Waals surface area contributed by atoms with Gasteiger partial charge in [0.15, 0.2) is 45.3 Å². The molecule has 20 heteroatoms. The number of hydrogen-bond acceptors (Lipinski definition) is 19. The van der Waals surface area contributed by atoms with E-state index in [9.17, 15) is 71.2 Å². The first kappa shape index (κ1) is 32.8. The summed E-state index contributed by atoms with van der Waals surface area (Å²) in [4.78, 5) is 15.9. The number of carbonyl (C=O) groups is 1. The maximum absolute atomic E-state index is 12.5. The first-order valence-corrected chi connectivity index (χ1v) is 12.5. The van der Waals surface area contributed by atoms with E-state index in [0.717, 1.165) is 7.11 Å². The van der Waals surface area contributed by atoms with Crippen molar-refractivity contribution in [2.75, 3.05) is 24.7 Å². The number of hydrogen-bond donors (Lipinski definition) is 16. The maximum Gasteiger partial charge on any atom is 0.294 e. The highest BCUT2D eigenvalue weighted by atomic mass is 32.1. The number of carbonyl (C=O) groups excluding carboxylic acids is 1. The second-order valence-corrected chi connectivity index (χ2v) is 10.1. The zero-order chi connectivity index (χ0) is 32.8. The highest BCUT2D eigenvalue weighted by molar-refractivity contribution is 7.17. The Kier molecular flexibility index (Phi) is 8.79. The zero-order valence-electron chi connectivity index (χ0n) is 22.1. The van der Waals surface area contributed by atoms with Crippen molar-refractivity contribution < 1.29 is 75.9 Å². The van der Waals surface area contributed by atoms with E-state index < -0.39 is 105 Å². The molecule has 0 radical (unpaired) electrons. The molecule has 0 spiro atoms. The number of phenols is 8. The lowest BCUT2D eigenvalue weighted by Gasteiger charge is -2.28. The highest BCUT2D eigenvalue weighted by Gasteiger charge is 2.43. The van der Waals surface area contributed by atoms with E-state index in [-0.39, 0.29) is 16.3 Å². The number of nitrogens with zero attached hydrogens (tertiary/aromatic N) is 1. The van der Waals surface area contributed by atoms with Gasteiger partial charge in [0.1, 0.15) is 5.69 Å². The van der Waals surface area contributed by atoms with Crippen LogP contribution in [0.5, 0.6) is 51.1 Å². The molecule has 0 aliphatic carbocycles. The van der Waals surface area contributed by atoms with Crippen LogP contribution in [0.3, 0.4) is 0 Å². The van der Waals surface area contributed by atoms with Gasteiger partial charge in [0.05, 0.1) is 11.7 Å². The van der Waals surface area contributed by atoms with Crippen molar-refractivity contribution in [1.29, 1.82) is 0 Å². The van der Waals surface area contributed by atoms with Crippen molar-refractivity contribution in [3.05, 3.63) is 22.4 Å². The largest absolute Gasteiger partial charge is 0.504 e. The summed E-state index contributed by atoms with van der Waals surface area (Å²) in [6.07, 6.45) is -2.52. The number of nitrogens with two attached hydrogens (primary N) is 1. The van der Waals surface area contributed by atoms with Crippen molar-refractivity contribution in [2.24, 2.45) is 0 Å². The van der Waals surface area contributed by atoms with E-state index in [2.05, 4.69) is 10.3 Å². The minimum Gasteiger partial charge on any atom is -0.504 e. The number of aromatic hydroxyl groups is 9. The normalized spacial score (nSPS) is 12.8. The molecule has 3 aromatic rings. The van der Waals surface area contributed by atoms with Crippen LogP contribution in [0.2, 0.25) is 0 Å². The Morgan fingerprint density at radius 1 is 0.884 bits per heavy atom. The molecule has 236 valence electrons. The Labute approximate surface area is 243 Å².